The maximum absolute atomic E-state index is 4.83. The second-order valence-electron chi connectivity index (χ2n) is 6.68. The molecule has 3 rings (SSSR count). The molecule has 1 aromatic heterocycles. The second-order valence-corrected chi connectivity index (χ2v) is 6.68. The van der Waals surface area contributed by atoms with Crippen LogP contribution in [0.2, 0.25) is 0 Å². The predicted molar refractivity (Wildman–Crippen MR) is 115 cm³/mol. The van der Waals surface area contributed by atoms with E-state index in [9.17, 15) is 0 Å². The zero-order valence-corrected chi connectivity index (χ0v) is 17.8. The molecule has 2 aromatic rings. The Kier molecular flexibility index (Phi) is 11.8. The number of benzene rings is 1. The van der Waals surface area contributed by atoms with E-state index in [1.165, 1.54) is 11.1 Å². The van der Waals surface area contributed by atoms with Crippen molar-refractivity contribution in [1.29, 1.82) is 0 Å². The molecule has 3 nitrogen and oxygen atoms in total. The molecule has 0 radical (unpaired) electrons. The molecule has 0 aliphatic carbocycles. The van der Waals surface area contributed by atoms with Gasteiger partial charge in [0.15, 0.2) is 0 Å². The van der Waals surface area contributed by atoms with Crippen LogP contribution >= 0.6 is 24.8 Å². The predicted octanol–water partition coefficient (Wildman–Crippen LogP) is 5.56. The largest absolute Gasteiger partial charge is 0.382 e. The van der Waals surface area contributed by atoms with E-state index >= 15 is 0 Å². The highest BCUT2D eigenvalue weighted by Gasteiger charge is 2.40. The first kappa shape index (κ1) is 24.9. The van der Waals surface area contributed by atoms with Crippen molar-refractivity contribution in [3.8, 4) is 0 Å². The van der Waals surface area contributed by atoms with Crippen molar-refractivity contribution >= 4 is 24.8 Å². The van der Waals surface area contributed by atoms with Gasteiger partial charge in [0.05, 0.1) is 0 Å². The Hall–Kier alpha value is -1.13. The Morgan fingerprint density at radius 2 is 1.54 bits per heavy atom. The fraction of sp³-hybridized carbons (Fsp3) is 0.476. The number of hydrogen-bond acceptors (Lipinski definition) is 3. The van der Waals surface area contributed by atoms with Crippen LogP contribution in [0.4, 0.5) is 0 Å². The first-order chi connectivity index (χ1) is 11.6. The van der Waals surface area contributed by atoms with Crippen LogP contribution in [0.25, 0.3) is 0 Å². The molecule has 0 bridgehead atoms. The number of nitrogens with zero attached hydrogens (tertiary/aromatic N) is 1. The molecule has 1 aliphatic rings. The third kappa shape index (κ3) is 6.88. The Labute approximate surface area is 170 Å². The highest BCUT2D eigenvalue weighted by Crippen LogP contribution is 2.43. The molecule has 2 heterocycles. The van der Waals surface area contributed by atoms with E-state index in [4.69, 9.17) is 4.74 Å². The Bertz CT molecular complexity index is 591. The number of ether oxygens (including phenoxy) is 1. The van der Waals surface area contributed by atoms with Crippen LogP contribution in [-0.4, -0.2) is 23.7 Å². The lowest BCUT2D eigenvalue weighted by molar-refractivity contribution is 0.162. The molecule has 1 N–H and O–H groups in total. The molecule has 1 fully saturated rings. The Morgan fingerprint density at radius 1 is 0.962 bits per heavy atom. The molecule has 2 unspecified atom stereocenters. The number of aromatic nitrogens is 1. The van der Waals surface area contributed by atoms with Gasteiger partial charge in [0.25, 0.3) is 0 Å². The summed E-state index contributed by atoms with van der Waals surface area (Å²) in [6.07, 6.45) is 4.92. The lowest BCUT2D eigenvalue weighted by atomic mass is 9.83. The zero-order valence-electron chi connectivity index (χ0n) is 16.1. The van der Waals surface area contributed by atoms with Crippen LogP contribution in [0.5, 0.6) is 0 Å². The highest BCUT2D eigenvalue weighted by molar-refractivity contribution is 5.85. The summed E-state index contributed by atoms with van der Waals surface area (Å²) in [5, 5.41) is 3.77. The quantitative estimate of drug-likeness (QED) is 0.730. The molecule has 0 amide bonds. The first-order valence-electron chi connectivity index (χ1n) is 8.88. The van der Waals surface area contributed by atoms with Crippen molar-refractivity contribution in [3.05, 3.63) is 66.0 Å². The number of rotatable bonds is 4. The summed E-state index contributed by atoms with van der Waals surface area (Å²) in [6, 6.07) is 15.4. The van der Waals surface area contributed by atoms with Crippen LogP contribution in [0.1, 0.15) is 57.2 Å². The molecule has 0 saturated carbocycles. The minimum Gasteiger partial charge on any atom is -0.382 e. The standard InChI is InChI=1S/C17H20N2.C4H10O.2ClH/c1-17(2)15(13-8-10-18-11-9-13)12-16(19-17)14-6-4-3-5-7-14;1-3-5-4-2;;/h3-11,15-16,19H,12H2,1-2H3;3-4H2,1-2H3;2*1H. The normalized spacial score (nSPS) is 20.2. The first-order valence-corrected chi connectivity index (χ1v) is 8.88. The number of pyridine rings is 1. The van der Waals surface area contributed by atoms with Crippen molar-refractivity contribution in [1.82, 2.24) is 10.3 Å². The fourth-order valence-electron chi connectivity index (χ4n) is 3.40. The summed E-state index contributed by atoms with van der Waals surface area (Å²) >= 11 is 0. The molecule has 1 saturated heterocycles. The fourth-order valence-corrected chi connectivity index (χ4v) is 3.40. The molecular formula is C21H32Cl2N2O. The summed E-state index contributed by atoms with van der Waals surface area (Å²) in [5.74, 6) is 0.528. The lowest BCUT2D eigenvalue weighted by Gasteiger charge is -2.27. The summed E-state index contributed by atoms with van der Waals surface area (Å²) in [6.45, 7) is 10.3. The molecule has 2 atom stereocenters. The van der Waals surface area contributed by atoms with Crippen molar-refractivity contribution in [2.45, 2.75) is 51.6 Å². The molecule has 1 aliphatic heterocycles. The van der Waals surface area contributed by atoms with Crippen LogP contribution in [0.3, 0.4) is 0 Å². The molecule has 1 aromatic carbocycles. The van der Waals surface area contributed by atoms with E-state index in [2.05, 4.69) is 66.6 Å². The van der Waals surface area contributed by atoms with Gasteiger partial charge in [0.2, 0.25) is 0 Å². The van der Waals surface area contributed by atoms with Gasteiger partial charge in [-0.3, -0.25) is 4.98 Å². The average Bonchev–Trinajstić information content (AvgIpc) is 2.93. The number of halogens is 2. The van der Waals surface area contributed by atoms with Gasteiger partial charge in [0.1, 0.15) is 0 Å². The van der Waals surface area contributed by atoms with E-state index in [0.29, 0.717) is 12.0 Å². The van der Waals surface area contributed by atoms with E-state index < -0.39 is 0 Å². The summed E-state index contributed by atoms with van der Waals surface area (Å²) in [5.41, 5.74) is 2.88. The molecule has 26 heavy (non-hydrogen) atoms. The Balaban J connectivity index is 0.000000798. The summed E-state index contributed by atoms with van der Waals surface area (Å²) in [4.78, 5) is 4.12. The van der Waals surface area contributed by atoms with Gasteiger partial charge in [-0.05, 0) is 57.4 Å². The monoisotopic (exact) mass is 398 g/mol. The van der Waals surface area contributed by atoms with E-state index in [1.807, 2.05) is 26.2 Å². The van der Waals surface area contributed by atoms with Crippen molar-refractivity contribution in [2.24, 2.45) is 0 Å². The SMILES string of the molecule is CC1(C)NC(c2ccccc2)CC1c1ccncc1.CCOCC.Cl.Cl. The van der Waals surface area contributed by atoms with Gasteiger partial charge >= 0.3 is 0 Å². The van der Waals surface area contributed by atoms with Gasteiger partial charge in [-0.2, -0.15) is 0 Å². The molecule has 0 spiro atoms. The minimum absolute atomic E-state index is 0. The van der Waals surface area contributed by atoms with Crippen LogP contribution < -0.4 is 5.32 Å². The highest BCUT2D eigenvalue weighted by atomic mass is 35.5. The van der Waals surface area contributed by atoms with Crippen LogP contribution in [0.15, 0.2) is 54.9 Å². The van der Waals surface area contributed by atoms with Crippen LogP contribution in [0, 0.1) is 0 Å². The van der Waals surface area contributed by atoms with Crippen molar-refractivity contribution < 1.29 is 4.74 Å². The van der Waals surface area contributed by atoms with Gasteiger partial charge in [-0.15, -0.1) is 24.8 Å². The van der Waals surface area contributed by atoms with E-state index in [1.54, 1.807) is 0 Å². The van der Waals surface area contributed by atoms with Gasteiger partial charge in [0, 0.05) is 43.1 Å². The maximum atomic E-state index is 4.83. The van der Waals surface area contributed by atoms with Crippen molar-refractivity contribution in [3.63, 3.8) is 0 Å². The lowest BCUT2D eigenvalue weighted by Crippen LogP contribution is -2.37. The molecule has 5 heteroatoms. The zero-order chi connectivity index (χ0) is 17.4. The Morgan fingerprint density at radius 3 is 2.04 bits per heavy atom. The number of nitrogens with one attached hydrogen (secondary N) is 1. The van der Waals surface area contributed by atoms with Crippen LogP contribution in [-0.2, 0) is 4.74 Å². The van der Waals surface area contributed by atoms with Crippen molar-refractivity contribution in [2.75, 3.05) is 13.2 Å². The smallest absolute Gasteiger partial charge is 0.0437 e. The van der Waals surface area contributed by atoms with Gasteiger partial charge in [-0.1, -0.05) is 30.3 Å². The summed E-state index contributed by atoms with van der Waals surface area (Å²) in [7, 11) is 0. The van der Waals surface area contributed by atoms with Gasteiger partial charge in [-0.25, -0.2) is 0 Å². The summed E-state index contributed by atoms with van der Waals surface area (Å²) < 4.78 is 4.83. The van der Waals surface area contributed by atoms with E-state index in [-0.39, 0.29) is 30.4 Å². The third-order valence-electron chi connectivity index (χ3n) is 4.61. The topological polar surface area (TPSA) is 34.2 Å². The van der Waals surface area contributed by atoms with Gasteiger partial charge < -0.3 is 10.1 Å². The average molecular weight is 399 g/mol. The third-order valence-corrected chi connectivity index (χ3v) is 4.61. The number of hydrogen-bond donors (Lipinski definition) is 1. The molecule has 146 valence electrons. The minimum atomic E-state index is 0. The van der Waals surface area contributed by atoms with E-state index in [0.717, 1.165) is 19.6 Å². The molecular weight excluding hydrogens is 367 g/mol. The maximum Gasteiger partial charge on any atom is 0.0437 e. The second kappa shape index (κ2) is 12.3.